The average molecular weight is 347 g/mol. The maximum absolute atomic E-state index is 13.8. The molecule has 0 aromatic heterocycles. The molecule has 2 rings (SSSR count). The van der Waals surface area contributed by atoms with Crippen molar-refractivity contribution >= 4 is 21.8 Å². The van der Waals surface area contributed by atoms with E-state index in [2.05, 4.69) is 21.2 Å². The zero-order valence-electron chi connectivity index (χ0n) is 11.3. The quantitative estimate of drug-likeness (QED) is 0.912. The van der Waals surface area contributed by atoms with Gasteiger partial charge in [-0.15, -0.1) is 0 Å². The number of amides is 1. The van der Waals surface area contributed by atoms with Crippen LogP contribution in [-0.4, -0.2) is 37.0 Å². The van der Waals surface area contributed by atoms with Gasteiger partial charge in [-0.3, -0.25) is 4.79 Å². The molecular weight excluding hydrogens is 330 g/mol. The monoisotopic (exact) mass is 346 g/mol. The number of carbonyl (C=O) groups excluding carboxylic acids is 1. The predicted molar refractivity (Wildman–Crippen MR) is 76.7 cm³/mol. The highest BCUT2D eigenvalue weighted by Crippen LogP contribution is 2.21. The smallest absolute Gasteiger partial charge is 0.259 e. The molecule has 6 heteroatoms. The fraction of sp³-hybridized carbons (Fsp3) is 0.500. The predicted octanol–water partition coefficient (Wildman–Crippen LogP) is 2.94. The van der Waals surface area contributed by atoms with Crippen LogP contribution in [0.2, 0.25) is 0 Å². The van der Waals surface area contributed by atoms with Gasteiger partial charge in [-0.05, 0) is 31.5 Å². The molecule has 3 nitrogen and oxygen atoms in total. The van der Waals surface area contributed by atoms with Gasteiger partial charge in [-0.2, -0.15) is 0 Å². The first kappa shape index (κ1) is 15.4. The van der Waals surface area contributed by atoms with E-state index in [0.29, 0.717) is 6.54 Å². The molecule has 1 aromatic rings. The summed E-state index contributed by atoms with van der Waals surface area (Å²) in [6, 6.07) is 2.39. The van der Waals surface area contributed by atoms with Crippen LogP contribution >= 0.6 is 15.9 Å². The Kier molecular flexibility index (Phi) is 5.10. The summed E-state index contributed by atoms with van der Waals surface area (Å²) in [4.78, 5) is 13.5. The average Bonchev–Trinajstić information content (AvgIpc) is 2.38. The molecule has 1 N–H and O–H groups in total. The molecule has 1 heterocycles. The molecule has 0 saturated carbocycles. The van der Waals surface area contributed by atoms with Gasteiger partial charge in [-0.25, -0.2) is 8.78 Å². The number of halogens is 3. The van der Waals surface area contributed by atoms with E-state index in [0.717, 1.165) is 37.9 Å². The Morgan fingerprint density at radius 3 is 2.60 bits per heavy atom. The fourth-order valence-electron chi connectivity index (χ4n) is 2.43. The molecule has 0 radical (unpaired) electrons. The van der Waals surface area contributed by atoms with Crippen molar-refractivity contribution in [2.75, 3.05) is 20.1 Å². The summed E-state index contributed by atoms with van der Waals surface area (Å²) in [6.07, 6.45) is 3.22. The highest BCUT2D eigenvalue weighted by molar-refractivity contribution is 9.10. The Balaban J connectivity index is 2.10. The van der Waals surface area contributed by atoms with E-state index in [1.54, 1.807) is 7.05 Å². The van der Waals surface area contributed by atoms with Gasteiger partial charge in [0, 0.05) is 24.1 Å². The van der Waals surface area contributed by atoms with Crippen LogP contribution < -0.4 is 5.32 Å². The second kappa shape index (κ2) is 6.63. The van der Waals surface area contributed by atoms with Crippen molar-refractivity contribution in [3.63, 3.8) is 0 Å². The van der Waals surface area contributed by atoms with Crippen LogP contribution in [0.15, 0.2) is 16.6 Å². The Labute approximate surface area is 125 Å². The van der Waals surface area contributed by atoms with E-state index in [1.807, 2.05) is 0 Å². The number of nitrogens with one attached hydrogen (secondary N) is 1. The van der Waals surface area contributed by atoms with Gasteiger partial charge >= 0.3 is 0 Å². The molecule has 1 aliphatic rings. The number of hydrogen-bond acceptors (Lipinski definition) is 2. The van der Waals surface area contributed by atoms with Crippen LogP contribution in [0.25, 0.3) is 0 Å². The van der Waals surface area contributed by atoms with Gasteiger partial charge in [-0.1, -0.05) is 22.4 Å². The molecule has 1 amide bonds. The van der Waals surface area contributed by atoms with Crippen molar-refractivity contribution in [1.82, 2.24) is 10.2 Å². The van der Waals surface area contributed by atoms with E-state index in [9.17, 15) is 13.6 Å². The third-order valence-electron chi connectivity index (χ3n) is 3.47. The van der Waals surface area contributed by atoms with Gasteiger partial charge in [0.25, 0.3) is 5.91 Å². The van der Waals surface area contributed by atoms with Crippen LogP contribution in [0.5, 0.6) is 0 Å². The van der Waals surface area contributed by atoms with Gasteiger partial charge in [0.05, 0.1) is 0 Å². The van der Waals surface area contributed by atoms with E-state index >= 15 is 0 Å². The van der Waals surface area contributed by atoms with Crippen LogP contribution in [-0.2, 0) is 0 Å². The van der Waals surface area contributed by atoms with Crippen molar-refractivity contribution in [2.24, 2.45) is 0 Å². The zero-order valence-corrected chi connectivity index (χ0v) is 12.8. The summed E-state index contributed by atoms with van der Waals surface area (Å²) in [7, 11) is 1.57. The Morgan fingerprint density at radius 1 is 1.40 bits per heavy atom. The van der Waals surface area contributed by atoms with E-state index in [4.69, 9.17) is 0 Å². The molecule has 0 bridgehead atoms. The topological polar surface area (TPSA) is 32.3 Å². The highest BCUT2D eigenvalue weighted by atomic mass is 79.9. The summed E-state index contributed by atoms with van der Waals surface area (Å²) < 4.78 is 27.8. The van der Waals surface area contributed by atoms with E-state index in [1.165, 1.54) is 4.90 Å². The van der Waals surface area contributed by atoms with Gasteiger partial charge in [0.15, 0.2) is 0 Å². The first-order valence-electron chi connectivity index (χ1n) is 6.62. The van der Waals surface area contributed by atoms with Gasteiger partial charge in [0.1, 0.15) is 17.2 Å². The van der Waals surface area contributed by atoms with Gasteiger partial charge in [0.2, 0.25) is 0 Å². The third kappa shape index (κ3) is 3.55. The summed E-state index contributed by atoms with van der Waals surface area (Å²) in [5.41, 5.74) is -0.494. The SMILES string of the molecule is CN(CC1CCCCN1)C(=O)c1c(F)cc(Br)cc1F. The minimum Gasteiger partial charge on any atom is -0.340 e. The number of benzene rings is 1. The second-order valence-corrected chi connectivity index (χ2v) is 5.99. The maximum atomic E-state index is 13.8. The van der Waals surface area contributed by atoms with Gasteiger partial charge < -0.3 is 10.2 Å². The number of likely N-dealkylation sites (N-methyl/N-ethyl adjacent to an activating group) is 1. The number of carbonyl (C=O) groups is 1. The van der Waals surface area contributed by atoms with Crippen molar-refractivity contribution in [3.8, 4) is 0 Å². The normalized spacial score (nSPS) is 18.9. The lowest BCUT2D eigenvalue weighted by Crippen LogP contribution is -2.44. The molecule has 1 saturated heterocycles. The van der Waals surface area contributed by atoms with Crippen molar-refractivity contribution in [3.05, 3.63) is 33.8 Å². The first-order valence-corrected chi connectivity index (χ1v) is 7.41. The summed E-state index contributed by atoms with van der Waals surface area (Å²) >= 11 is 3.00. The van der Waals surface area contributed by atoms with E-state index in [-0.39, 0.29) is 10.5 Å². The zero-order chi connectivity index (χ0) is 14.7. The number of rotatable bonds is 3. The third-order valence-corrected chi connectivity index (χ3v) is 3.93. The lowest BCUT2D eigenvalue weighted by Gasteiger charge is -2.28. The van der Waals surface area contributed by atoms with Crippen molar-refractivity contribution in [1.29, 1.82) is 0 Å². The summed E-state index contributed by atoms with van der Waals surface area (Å²) in [5, 5.41) is 3.31. The second-order valence-electron chi connectivity index (χ2n) is 5.08. The Hall–Kier alpha value is -1.01. The number of nitrogens with zero attached hydrogens (tertiary/aromatic N) is 1. The first-order chi connectivity index (χ1) is 9.49. The minimum absolute atomic E-state index is 0.194. The van der Waals surface area contributed by atoms with Crippen LogP contribution in [0.3, 0.4) is 0 Å². The fourth-order valence-corrected chi connectivity index (χ4v) is 2.83. The molecule has 1 fully saturated rings. The molecule has 1 unspecified atom stereocenters. The molecule has 0 aliphatic carbocycles. The number of hydrogen-bond donors (Lipinski definition) is 1. The molecular formula is C14H17BrF2N2O. The lowest BCUT2D eigenvalue weighted by atomic mass is 10.0. The summed E-state index contributed by atoms with van der Waals surface area (Å²) in [5.74, 6) is -2.31. The van der Waals surface area contributed by atoms with Crippen molar-refractivity contribution in [2.45, 2.75) is 25.3 Å². The standard InChI is InChI=1S/C14H17BrF2N2O/c1-19(8-10-4-2-3-5-18-10)14(20)13-11(16)6-9(15)7-12(13)17/h6-7,10,18H,2-5,8H2,1H3. The molecule has 1 aliphatic heterocycles. The molecule has 1 aromatic carbocycles. The maximum Gasteiger partial charge on any atom is 0.259 e. The minimum atomic E-state index is -0.842. The van der Waals surface area contributed by atoms with Crippen LogP contribution in [0.4, 0.5) is 8.78 Å². The number of piperidine rings is 1. The molecule has 110 valence electrons. The van der Waals surface area contributed by atoms with Crippen LogP contribution in [0.1, 0.15) is 29.6 Å². The van der Waals surface area contributed by atoms with Crippen LogP contribution in [0, 0.1) is 11.6 Å². The largest absolute Gasteiger partial charge is 0.340 e. The van der Waals surface area contributed by atoms with Crippen molar-refractivity contribution < 1.29 is 13.6 Å². The molecule has 0 spiro atoms. The molecule has 1 atom stereocenters. The Bertz CT molecular complexity index is 481. The summed E-state index contributed by atoms with van der Waals surface area (Å²) in [6.45, 7) is 1.38. The Morgan fingerprint density at radius 2 is 2.05 bits per heavy atom. The van der Waals surface area contributed by atoms with E-state index < -0.39 is 23.1 Å². The lowest BCUT2D eigenvalue weighted by molar-refractivity contribution is 0.0765. The highest BCUT2D eigenvalue weighted by Gasteiger charge is 2.24. The molecule has 20 heavy (non-hydrogen) atoms.